The Kier molecular flexibility index (Phi) is 4.80. The Morgan fingerprint density at radius 1 is 1.22 bits per heavy atom. The maximum absolute atomic E-state index is 12.1. The van der Waals surface area contributed by atoms with Crippen LogP contribution in [0.5, 0.6) is 5.75 Å². The number of carbonyl (C=O) groups is 2. The number of amides is 2. The maximum Gasteiger partial charge on any atom is 0.265 e. The summed E-state index contributed by atoms with van der Waals surface area (Å²) in [6, 6.07) is 14.8. The summed E-state index contributed by atoms with van der Waals surface area (Å²) in [7, 11) is 0. The third kappa shape index (κ3) is 3.64. The molecule has 1 N–H and O–H groups in total. The smallest absolute Gasteiger partial charge is 0.265 e. The molecule has 118 valence electrons. The molecule has 1 heterocycles. The molecule has 1 aliphatic rings. The van der Waals surface area contributed by atoms with Crippen molar-refractivity contribution in [2.75, 3.05) is 24.6 Å². The van der Waals surface area contributed by atoms with Crippen molar-refractivity contribution in [1.29, 1.82) is 0 Å². The second-order valence-corrected chi connectivity index (χ2v) is 6.31. The van der Waals surface area contributed by atoms with E-state index in [1.165, 1.54) is 0 Å². The summed E-state index contributed by atoms with van der Waals surface area (Å²) in [4.78, 5) is 25.8. The number of carbonyl (C=O) groups excluding carboxylic acids is 2. The molecular weight excluding hydrogens is 407 g/mol. The van der Waals surface area contributed by atoms with Gasteiger partial charge in [-0.05, 0) is 52.9 Å². The molecule has 0 bridgehead atoms. The van der Waals surface area contributed by atoms with Crippen LogP contribution in [-0.4, -0.2) is 31.5 Å². The minimum absolute atomic E-state index is 0.0296. The summed E-state index contributed by atoms with van der Waals surface area (Å²) in [6.45, 7) is 0.821. The van der Waals surface area contributed by atoms with Gasteiger partial charge in [-0.15, -0.1) is 0 Å². The minimum atomic E-state index is -0.141. The molecule has 0 aliphatic carbocycles. The third-order valence-corrected chi connectivity index (χ3v) is 4.19. The first-order chi connectivity index (χ1) is 11.1. The first-order valence-corrected chi connectivity index (χ1v) is 8.29. The van der Waals surface area contributed by atoms with Gasteiger partial charge in [-0.25, -0.2) is 0 Å². The van der Waals surface area contributed by atoms with Gasteiger partial charge in [-0.3, -0.25) is 9.59 Å². The second-order valence-electron chi connectivity index (χ2n) is 5.07. The molecule has 2 amide bonds. The first-order valence-electron chi connectivity index (χ1n) is 7.21. The molecule has 0 atom stereocenters. The highest BCUT2D eigenvalue weighted by molar-refractivity contribution is 14.1. The Hall–Kier alpha value is -2.09. The van der Waals surface area contributed by atoms with E-state index in [1.807, 2.05) is 42.5 Å². The van der Waals surface area contributed by atoms with Crippen molar-refractivity contribution in [1.82, 2.24) is 5.32 Å². The largest absolute Gasteiger partial charge is 0.482 e. The van der Waals surface area contributed by atoms with Gasteiger partial charge in [0.1, 0.15) is 5.75 Å². The van der Waals surface area contributed by atoms with Crippen molar-refractivity contribution in [3.05, 3.63) is 57.7 Å². The van der Waals surface area contributed by atoms with Gasteiger partial charge in [0.25, 0.3) is 11.8 Å². The summed E-state index contributed by atoms with van der Waals surface area (Å²) >= 11 is 2.17. The zero-order valence-corrected chi connectivity index (χ0v) is 14.4. The third-order valence-electron chi connectivity index (χ3n) is 3.52. The van der Waals surface area contributed by atoms with E-state index in [0.29, 0.717) is 24.4 Å². The lowest BCUT2D eigenvalue weighted by Crippen LogP contribution is -2.43. The topological polar surface area (TPSA) is 58.6 Å². The van der Waals surface area contributed by atoms with Crippen LogP contribution in [-0.2, 0) is 4.79 Å². The quantitative estimate of drug-likeness (QED) is 0.771. The van der Waals surface area contributed by atoms with Crippen LogP contribution in [0.2, 0.25) is 0 Å². The van der Waals surface area contributed by atoms with Crippen LogP contribution in [0.1, 0.15) is 10.4 Å². The number of hydrogen-bond acceptors (Lipinski definition) is 3. The van der Waals surface area contributed by atoms with Crippen molar-refractivity contribution in [2.45, 2.75) is 0 Å². The average molecular weight is 422 g/mol. The predicted molar refractivity (Wildman–Crippen MR) is 95.8 cm³/mol. The number of rotatable bonds is 4. The number of ether oxygens (including phenoxy) is 1. The van der Waals surface area contributed by atoms with Crippen molar-refractivity contribution in [3.8, 4) is 5.75 Å². The fourth-order valence-electron chi connectivity index (χ4n) is 2.41. The van der Waals surface area contributed by atoms with E-state index in [2.05, 4.69) is 27.9 Å². The fraction of sp³-hybridized carbons (Fsp3) is 0.176. The number of nitrogens with one attached hydrogen (secondary N) is 1. The highest BCUT2D eigenvalue weighted by Gasteiger charge is 2.24. The molecule has 23 heavy (non-hydrogen) atoms. The molecule has 0 radical (unpaired) electrons. The van der Waals surface area contributed by atoms with Crippen molar-refractivity contribution in [3.63, 3.8) is 0 Å². The molecule has 0 saturated carbocycles. The Morgan fingerprint density at radius 3 is 2.87 bits per heavy atom. The number of nitrogens with zero attached hydrogens (tertiary/aromatic N) is 1. The highest BCUT2D eigenvalue weighted by atomic mass is 127. The number of hydrogen-bond donors (Lipinski definition) is 1. The Balaban J connectivity index is 1.62. The number of para-hydroxylation sites is 2. The van der Waals surface area contributed by atoms with Crippen molar-refractivity contribution in [2.24, 2.45) is 0 Å². The normalized spacial score (nSPS) is 13.3. The molecule has 2 aromatic carbocycles. The predicted octanol–water partition coefficient (Wildman–Crippen LogP) is 2.45. The van der Waals surface area contributed by atoms with E-state index in [1.54, 1.807) is 11.0 Å². The van der Waals surface area contributed by atoms with Crippen LogP contribution in [0, 0.1) is 3.57 Å². The van der Waals surface area contributed by atoms with Gasteiger partial charge >= 0.3 is 0 Å². The highest BCUT2D eigenvalue weighted by Crippen LogP contribution is 2.30. The van der Waals surface area contributed by atoms with Gasteiger partial charge < -0.3 is 15.0 Å². The van der Waals surface area contributed by atoms with Gasteiger partial charge in [0.15, 0.2) is 6.61 Å². The molecule has 0 fully saturated rings. The second kappa shape index (κ2) is 6.99. The average Bonchev–Trinajstić information content (AvgIpc) is 2.56. The standard InChI is InChI=1S/C17H15IN2O3/c18-13-5-3-4-12(10-13)17(22)19-8-9-20-14-6-1-2-7-15(14)23-11-16(20)21/h1-7,10H,8-9,11H2,(H,19,22). The zero-order valence-electron chi connectivity index (χ0n) is 12.3. The van der Waals surface area contributed by atoms with E-state index >= 15 is 0 Å². The van der Waals surface area contributed by atoms with Gasteiger partial charge in [0.2, 0.25) is 0 Å². The summed E-state index contributed by atoms with van der Waals surface area (Å²) in [5.74, 6) is 0.445. The van der Waals surface area contributed by atoms with Gasteiger partial charge in [-0.2, -0.15) is 0 Å². The summed E-state index contributed by atoms with van der Waals surface area (Å²) in [6.07, 6.45) is 0. The lowest BCUT2D eigenvalue weighted by Gasteiger charge is -2.29. The SMILES string of the molecule is O=C(NCCN1C(=O)COc2ccccc21)c1cccc(I)c1. The number of fused-ring (bicyclic) bond motifs is 1. The molecule has 5 nitrogen and oxygen atoms in total. The number of halogens is 1. The van der Waals surface area contributed by atoms with E-state index in [0.717, 1.165) is 9.26 Å². The van der Waals surface area contributed by atoms with E-state index < -0.39 is 0 Å². The lowest BCUT2D eigenvalue weighted by molar-refractivity contribution is -0.121. The van der Waals surface area contributed by atoms with E-state index in [-0.39, 0.29) is 18.4 Å². The molecule has 0 saturated heterocycles. The Morgan fingerprint density at radius 2 is 2.04 bits per heavy atom. The molecule has 0 aromatic heterocycles. The zero-order chi connectivity index (χ0) is 16.2. The molecule has 1 aliphatic heterocycles. The van der Waals surface area contributed by atoms with Crippen LogP contribution in [0.3, 0.4) is 0 Å². The van der Waals surface area contributed by atoms with Crippen LogP contribution in [0.15, 0.2) is 48.5 Å². The lowest BCUT2D eigenvalue weighted by atomic mass is 10.2. The molecule has 0 spiro atoms. The number of benzene rings is 2. The summed E-state index contributed by atoms with van der Waals surface area (Å²) in [5, 5.41) is 2.85. The minimum Gasteiger partial charge on any atom is -0.482 e. The molecule has 0 unspecified atom stereocenters. The van der Waals surface area contributed by atoms with Crippen molar-refractivity contribution < 1.29 is 14.3 Å². The van der Waals surface area contributed by atoms with Crippen LogP contribution in [0.4, 0.5) is 5.69 Å². The molecule has 2 aromatic rings. The van der Waals surface area contributed by atoms with E-state index in [9.17, 15) is 9.59 Å². The molecule has 6 heteroatoms. The van der Waals surface area contributed by atoms with Crippen LogP contribution < -0.4 is 15.0 Å². The Bertz CT molecular complexity index is 748. The summed E-state index contributed by atoms with van der Waals surface area (Å²) < 4.78 is 6.40. The van der Waals surface area contributed by atoms with E-state index in [4.69, 9.17) is 4.74 Å². The maximum atomic E-state index is 12.1. The van der Waals surface area contributed by atoms with Gasteiger partial charge in [-0.1, -0.05) is 18.2 Å². The van der Waals surface area contributed by atoms with Crippen molar-refractivity contribution >= 4 is 40.1 Å². The van der Waals surface area contributed by atoms with Gasteiger partial charge in [0, 0.05) is 22.2 Å². The monoisotopic (exact) mass is 422 g/mol. The van der Waals surface area contributed by atoms with Crippen LogP contribution >= 0.6 is 22.6 Å². The van der Waals surface area contributed by atoms with Gasteiger partial charge in [0.05, 0.1) is 5.69 Å². The Labute approximate surface area is 147 Å². The first kappa shape index (κ1) is 15.8. The fourth-order valence-corrected chi connectivity index (χ4v) is 2.96. The molecular formula is C17H15IN2O3. The van der Waals surface area contributed by atoms with Crippen LogP contribution in [0.25, 0.3) is 0 Å². The summed E-state index contributed by atoms with van der Waals surface area (Å²) in [5.41, 5.74) is 1.36. The molecule has 3 rings (SSSR count). The number of anilines is 1.